The Morgan fingerprint density at radius 3 is 2.62 bits per heavy atom. The molecule has 150 valence electrons. The molecular formula is C22H23N3O4. The maximum Gasteiger partial charge on any atom is 0.313 e. The first-order valence-corrected chi connectivity index (χ1v) is 9.74. The molecule has 0 aliphatic carbocycles. The van der Waals surface area contributed by atoms with Crippen LogP contribution < -0.4 is 20.3 Å². The van der Waals surface area contributed by atoms with Gasteiger partial charge in [-0.15, -0.1) is 0 Å². The summed E-state index contributed by atoms with van der Waals surface area (Å²) in [6.07, 6.45) is 2.88. The Labute approximate surface area is 169 Å². The Hall–Kier alpha value is -3.35. The van der Waals surface area contributed by atoms with E-state index in [1.165, 1.54) is 0 Å². The molecule has 0 radical (unpaired) electrons. The van der Waals surface area contributed by atoms with E-state index in [-0.39, 0.29) is 12.5 Å². The van der Waals surface area contributed by atoms with Crippen LogP contribution in [-0.4, -0.2) is 31.4 Å². The molecule has 2 heterocycles. The molecule has 2 aliphatic heterocycles. The summed E-state index contributed by atoms with van der Waals surface area (Å²) in [4.78, 5) is 38.6. The first-order chi connectivity index (χ1) is 14.1. The van der Waals surface area contributed by atoms with Gasteiger partial charge in [0.1, 0.15) is 5.75 Å². The lowest BCUT2D eigenvalue weighted by atomic mass is 9.91. The van der Waals surface area contributed by atoms with Crippen molar-refractivity contribution >= 4 is 29.1 Å². The molecule has 0 atom stereocenters. The predicted octanol–water partition coefficient (Wildman–Crippen LogP) is 2.18. The summed E-state index contributed by atoms with van der Waals surface area (Å²) >= 11 is 0. The van der Waals surface area contributed by atoms with Crippen LogP contribution in [0.15, 0.2) is 36.4 Å². The van der Waals surface area contributed by atoms with Crippen molar-refractivity contribution in [1.29, 1.82) is 0 Å². The van der Waals surface area contributed by atoms with Crippen molar-refractivity contribution in [2.24, 2.45) is 0 Å². The molecule has 0 unspecified atom stereocenters. The highest BCUT2D eigenvalue weighted by Gasteiger charge is 2.30. The van der Waals surface area contributed by atoms with Gasteiger partial charge in [-0.3, -0.25) is 14.4 Å². The lowest BCUT2D eigenvalue weighted by molar-refractivity contribution is -0.136. The third-order valence-electron chi connectivity index (χ3n) is 5.37. The number of aryl methyl sites for hydroxylation is 2. The summed E-state index contributed by atoms with van der Waals surface area (Å²) < 4.78 is 5.25. The fourth-order valence-electron chi connectivity index (χ4n) is 4.02. The van der Waals surface area contributed by atoms with E-state index in [0.717, 1.165) is 41.8 Å². The van der Waals surface area contributed by atoms with Gasteiger partial charge in [0.2, 0.25) is 5.91 Å². The number of ether oxygens (including phenoxy) is 1. The van der Waals surface area contributed by atoms with Crippen LogP contribution in [0.1, 0.15) is 29.5 Å². The fourth-order valence-corrected chi connectivity index (χ4v) is 4.02. The first kappa shape index (κ1) is 19.0. The minimum absolute atomic E-state index is 0.158. The molecule has 2 aromatic rings. The van der Waals surface area contributed by atoms with Gasteiger partial charge in [-0.25, -0.2) is 0 Å². The van der Waals surface area contributed by atoms with Crippen molar-refractivity contribution in [3.8, 4) is 5.75 Å². The van der Waals surface area contributed by atoms with E-state index in [1.807, 2.05) is 35.2 Å². The van der Waals surface area contributed by atoms with Gasteiger partial charge >= 0.3 is 11.8 Å². The molecule has 0 saturated heterocycles. The Balaban J connectivity index is 1.45. The van der Waals surface area contributed by atoms with Gasteiger partial charge < -0.3 is 20.3 Å². The van der Waals surface area contributed by atoms with Crippen LogP contribution in [0.3, 0.4) is 0 Å². The van der Waals surface area contributed by atoms with E-state index in [9.17, 15) is 14.4 Å². The van der Waals surface area contributed by atoms with Crippen LogP contribution >= 0.6 is 0 Å². The molecule has 0 aromatic heterocycles. The van der Waals surface area contributed by atoms with Crippen LogP contribution in [0.4, 0.5) is 11.4 Å². The summed E-state index contributed by atoms with van der Waals surface area (Å²) in [5, 5.41) is 5.32. The van der Waals surface area contributed by atoms with Crippen molar-refractivity contribution in [3.05, 3.63) is 53.1 Å². The van der Waals surface area contributed by atoms with Crippen LogP contribution in [-0.2, 0) is 33.8 Å². The van der Waals surface area contributed by atoms with E-state index in [0.29, 0.717) is 24.3 Å². The Kier molecular flexibility index (Phi) is 5.20. The van der Waals surface area contributed by atoms with Crippen LogP contribution in [0.5, 0.6) is 5.75 Å². The lowest BCUT2D eigenvalue weighted by Crippen LogP contribution is -2.39. The van der Waals surface area contributed by atoms with Crippen molar-refractivity contribution in [3.63, 3.8) is 0 Å². The number of carbonyl (C=O) groups is 3. The van der Waals surface area contributed by atoms with E-state index in [1.54, 1.807) is 13.2 Å². The summed E-state index contributed by atoms with van der Waals surface area (Å²) in [7, 11) is 1.56. The number of amides is 3. The lowest BCUT2D eigenvalue weighted by Gasteiger charge is -2.35. The molecule has 0 bridgehead atoms. The van der Waals surface area contributed by atoms with Gasteiger partial charge in [0.05, 0.1) is 12.8 Å². The predicted molar refractivity (Wildman–Crippen MR) is 109 cm³/mol. The molecule has 2 N–H and O–H groups in total. The van der Waals surface area contributed by atoms with E-state index in [4.69, 9.17) is 4.74 Å². The number of carbonyl (C=O) groups excluding carboxylic acids is 3. The van der Waals surface area contributed by atoms with Crippen LogP contribution in [0.2, 0.25) is 0 Å². The van der Waals surface area contributed by atoms with Crippen molar-refractivity contribution in [2.45, 2.75) is 32.2 Å². The normalized spacial score (nSPS) is 14.8. The van der Waals surface area contributed by atoms with Gasteiger partial charge in [-0.1, -0.05) is 18.2 Å². The van der Waals surface area contributed by atoms with E-state index >= 15 is 0 Å². The van der Waals surface area contributed by atoms with Gasteiger partial charge in [-0.05, 0) is 48.6 Å². The Morgan fingerprint density at radius 2 is 1.83 bits per heavy atom. The molecule has 0 fully saturated rings. The van der Waals surface area contributed by atoms with Gasteiger partial charge in [-0.2, -0.15) is 0 Å². The Bertz CT molecular complexity index is 969. The summed E-state index contributed by atoms with van der Waals surface area (Å²) in [6, 6.07) is 11.1. The maximum absolute atomic E-state index is 12.4. The molecular weight excluding hydrogens is 370 g/mol. The smallest absolute Gasteiger partial charge is 0.313 e. The summed E-state index contributed by atoms with van der Waals surface area (Å²) in [5.41, 5.74) is 4.47. The highest BCUT2D eigenvalue weighted by atomic mass is 16.5. The average Bonchev–Trinajstić information content (AvgIpc) is 2.74. The summed E-state index contributed by atoms with van der Waals surface area (Å²) in [6.45, 7) is 0.943. The van der Waals surface area contributed by atoms with Crippen LogP contribution in [0.25, 0.3) is 0 Å². The molecule has 4 rings (SSSR count). The third-order valence-corrected chi connectivity index (χ3v) is 5.37. The number of nitrogens with one attached hydrogen (secondary N) is 2. The minimum Gasteiger partial charge on any atom is -0.496 e. The number of hydrogen-bond donors (Lipinski definition) is 2. The van der Waals surface area contributed by atoms with Gasteiger partial charge in [0, 0.05) is 30.8 Å². The molecule has 2 aliphatic rings. The van der Waals surface area contributed by atoms with Crippen LogP contribution in [0, 0.1) is 0 Å². The number of para-hydroxylation sites is 1. The average molecular weight is 393 g/mol. The molecule has 0 saturated carbocycles. The SMILES string of the molecule is COc1ccccc1CNC(=O)C(=O)Nc1cc2c3c(c1)CCC(=O)N3CCC2. The molecule has 7 heteroatoms. The minimum atomic E-state index is -0.716. The number of nitrogens with zero attached hydrogens (tertiary/aromatic N) is 1. The standard InChI is InChI=1S/C22H23N3O4/c1-29-18-7-3-2-5-16(18)13-23-21(27)22(28)24-17-11-14-6-4-10-25-19(26)9-8-15(12-17)20(14)25/h2-3,5,7,11-12H,4,6,8-10,13H2,1H3,(H,23,27)(H,24,28). The molecule has 29 heavy (non-hydrogen) atoms. The molecule has 3 amide bonds. The largest absolute Gasteiger partial charge is 0.496 e. The highest BCUT2D eigenvalue weighted by Crippen LogP contribution is 2.37. The topological polar surface area (TPSA) is 87.7 Å². The zero-order valence-electron chi connectivity index (χ0n) is 16.3. The van der Waals surface area contributed by atoms with E-state index in [2.05, 4.69) is 10.6 Å². The maximum atomic E-state index is 12.4. The number of hydrogen-bond acceptors (Lipinski definition) is 4. The summed E-state index contributed by atoms with van der Waals surface area (Å²) in [5.74, 6) is -0.613. The zero-order chi connectivity index (χ0) is 20.4. The number of benzene rings is 2. The highest BCUT2D eigenvalue weighted by molar-refractivity contribution is 6.39. The quantitative estimate of drug-likeness (QED) is 0.780. The molecule has 2 aromatic carbocycles. The molecule has 7 nitrogen and oxygen atoms in total. The van der Waals surface area contributed by atoms with Gasteiger partial charge in [0.15, 0.2) is 0 Å². The fraction of sp³-hybridized carbons (Fsp3) is 0.318. The molecule has 0 spiro atoms. The first-order valence-electron chi connectivity index (χ1n) is 9.74. The number of anilines is 2. The van der Waals surface area contributed by atoms with Crippen molar-refractivity contribution < 1.29 is 19.1 Å². The second-order valence-electron chi connectivity index (χ2n) is 7.24. The van der Waals surface area contributed by atoms with Crippen molar-refractivity contribution in [2.75, 3.05) is 23.9 Å². The van der Waals surface area contributed by atoms with Gasteiger partial charge in [0.25, 0.3) is 0 Å². The van der Waals surface area contributed by atoms with E-state index < -0.39 is 11.8 Å². The monoisotopic (exact) mass is 393 g/mol. The third kappa shape index (κ3) is 3.81. The van der Waals surface area contributed by atoms with Crippen molar-refractivity contribution in [1.82, 2.24) is 5.32 Å². The second-order valence-corrected chi connectivity index (χ2v) is 7.24. The zero-order valence-corrected chi connectivity index (χ0v) is 16.3. The Morgan fingerprint density at radius 1 is 1.07 bits per heavy atom. The number of methoxy groups -OCH3 is 1. The second kappa shape index (κ2) is 7.95. The number of rotatable bonds is 4.